The molecule has 1 unspecified atom stereocenters. The molecule has 1 heterocycles. The number of nitrogens with one attached hydrogen (secondary N) is 1. The Kier molecular flexibility index (Phi) is 6.54. The summed E-state index contributed by atoms with van der Waals surface area (Å²) >= 11 is 0. The van der Waals surface area contributed by atoms with Gasteiger partial charge >= 0.3 is 0 Å². The minimum atomic E-state index is 0.138. The molecule has 1 fully saturated rings. The van der Waals surface area contributed by atoms with Gasteiger partial charge in [-0.15, -0.1) is 0 Å². The van der Waals surface area contributed by atoms with Crippen molar-refractivity contribution in [1.29, 1.82) is 5.26 Å². The highest BCUT2D eigenvalue weighted by molar-refractivity contribution is 4.92. The topological polar surface area (TPSA) is 39.1 Å². The Labute approximate surface area is 106 Å². The normalized spacial score (nSPS) is 20.4. The largest absolute Gasteiger partial charge is 0.316 e. The number of nitrogens with zero attached hydrogens (tertiary/aromatic N) is 2. The second kappa shape index (κ2) is 7.68. The summed E-state index contributed by atoms with van der Waals surface area (Å²) in [6.45, 7) is 11.1. The van der Waals surface area contributed by atoms with Crippen LogP contribution in [0, 0.1) is 23.2 Å². The molecule has 0 spiro atoms. The lowest BCUT2D eigenvalue weighted by atomic mass is 9.95. The third-order valence-electron chi connectivity index (χ3n) is 3.61. The highest BCUT2D eigenvalue weighted by Gasteiger charge is 2.23. The van der Waals surface area contributed by atoms with Crippen molar-refractivity contribution in [1.82, 2.24) is 10.2 Å². The van der Waals surface area contributed by atoms with Gasteiger partial charge in [-0.25, -0.2) is 0 Å². The number of hydrogen-bond donors (Lipinski definition) is 1. The standard InChI is InChI=1S/C14H27N3/c1-4-14(9-15)17-7-5-13(6-8-17)11-16-10-12(2)3/h12-14,16H,4-8,10-11H2,1-3H3. The van der Waals surface area contributed by atoms with Crippen LogP contribution in [-0.2, 0) is 0 Å². The smallest absolute Gasteiger partial charge is 0.0975 e. The van der Waals surface area contributed by atoms with Gasteiger partial charge in [0.25, 0.3) is 0 Å². The molecular weight excluding hydrogens is 210 g/mol. The summed E-state index contributed by atoms with van der Waals surface area (Å²) in [4.78, 5) is 2.35. The van der Waals surface area contributed by atoms with Crippen LogP contribution in [0.25, 0.3) is 0 Å². The van der Waals surface area contributed by atoms with Crippen LogP contribution in [0.2, 0.25) is 0 Å². The van der Waals surface area contributed by atoms with E-state index in [-0.39, 0.29) is 6.04 Å². The van der Waals surface area contributed by atoms with Gasteiger partial charge in [-0.05, 0) is 57.3 Å². The summed E-state index contributed by atoms with van der Waals surface area (Å²) in [6, 6.07) is 2.54. The molecule has 0 aromatic rings. The van der Waals surface area contributed by atoms with Crippen LogP contribution in [0.5, 0.6) is 0 Å². The van der Waals surface area contributed by atoms with E-state index in [1.807, 2.05) is 0 Å². The van der Waals surface area contributed by atoms with E-state index in [9.17, 15) is 0 Å². The van der Waals surface area contributed by atoms with E-state index in [2.05, 4.69) is 37.1 Å². The van der Waals surface area contributed by atoms with E-state index >= 15 is 0 Å². The van der Waals surface area contributed by atoms with E-state index in [1.165, 1.54) is 12.8 Å². The fourth-order valence-corrected chi connectivity index (χ4v) is 2.48. The second-order valence-corrected chi connectivity index (χ2v) is 5.58. The molecule has 3 nitrogen and oxygen atoms in total. The molecule has 3 heteroatoms. The molecule has 1 aliphatic heterocycles. The quantitative estimate of drug-likeness (QED) is 0.770. The molecule has 17 heavy (non-hydrogen) atoms. The van der Waals surface area contributed by atoms with E-state index in [0.29, 0.717) is 0 Å². The van der Waals surface area contributed by atoms with Crippen LogP contribution >= 0.6 is 0 Å². The van der Waals surface area contributed by atoms with Crippen molar-refractivity contribution in [3.63, 3.8) is 0 Å². The minimum Gasteiger partial charge on any atom is -0.316 e. The Balaban J connectivity index is 2.19. The van der Waals surface area contributed by atoms with Crippen LogP contribution in [0.15, 0.2) is 0 Å². The van der Waals surface area contributed by atoms with E-state index in [0.717, 1.165) is 44.4 Å². The first-order valence-corrected chi connectivity index (χ1v) is 7.01. The molecule has 0 amide bonds. The molecule has 0 radical (unpaired) electrons. The Morgan fingerprint density at radius 2 is 2.00 bits per heavy atom. The summed E-state index contributed by atoms with van der Waals surface area (Å²) in [5.74, 6) is 1.54. The molecule has 98 valence electrons. The van der Waals surface area contributed by atoms with Gasteiger partial charge in [0, 0.05) is 0 Å². The first-order chi connectivity index (χ1) is 8.17. The molecule has 0 aromatic heterocycles. The van der Waals surface area contributed by atoms with Gasteiger partial charge in [0.2, 0.25) is 0 Å². The Morgan fingerprint density at radius 1 is 1.35 bits per heavy atom. The van der Waals surface area contributed by atoms with Crippen LogP contribution in [-0.4, -0.2) is 37.1 Å². The fourth-order valence-electron chi connectivity index (χ4n) is 2.48. The summed E-state index contributed by atoms with van der Waals surface area (Å²) in [5.41, 5.74) is 0. The average molecular weight is 237 g/mol. The van der Waals surface area contributed by atoms with Crippen molar-refractivity contribution >= 4 is 0 Å². The number of nitriles is 1. The zero-order chi connectivity index (χ0) is 12.7. The first-order valence-electron chi connectivity index (χ1n) is 7.01. The summed E-state index contributed by atoms with van der Waals surface area (Å²) < 4.78 is 0. The molecule has 0 aliphatic carbocycles. The zero-order valence-electron chi connectivity index (χ0n) is 11.6. The molecule has 1 aliphatic rings. The molecule has 1 saturated heterocycles. The Bertz CT molecular complexity index is 236. The molecule has 0 bridgehead atoms. The second-order valence-electron chi connectivity index (χ2n) is 5.58. The van der Waals surface area contributed by atoms with Crippen molar-refractivity contribution < 1.29 is 0 Å². The third-order valence-corrected chi connectivity index (χ3v) is 3.61. The summed E-state index contributed by atoms with van der Waals surface area (Å²) in [5, 5.41) is 12.6. The molecular formula is C14H27N3. The van der Waals surface area contributed by atoms with Gasteiger partial charge < -0.3 is 5.32 Å². The number of hydrogen-bond acceptors (Lipinski definition) is 3. The van der Waals surface area contributed by atoms with E-state index in [1.54, 1.807) is 0 Å². The predicted molar refractivity (Wildman–Crippen MR) is 71.7 cm³/mol. The van der Waals surface area contributed by atoms with Gasteiger partial charge in [0.1, 0.15) is 0 Å². The molecule has 0 aromatic carbocycles. The lowest BCUT2D eigenvalue weighted by Gasteiger charge is -2.34. The molecule has 1 N–H and O–H groups in total. The van der Waals surface area contributed by atoms with Gasteiger partial charge in [-0.1, -0.05) is 20.8 Å². The third kappa shape index (κ3) is 5.06. The van der Waals surface area contributed by atoms with E-state index in [4.69, 9.17) is 5.26 Å². The van der Waals surface area contributed by atoms with Crippen LogP contribution < -0.4 is 5.32 Å². The number of piperidine rings is 1. The van der Waals surface area contributed by atoms with Crippen LogP contribution in [0.4, 0.5) is 0 Å². The zero-order valence-corrected chi connectivity index (χ0v) is 11.6. The van der Waals surface area contributed by atoms with E-state index < -0.39 is 0 Å². The highest BCUT2D eigenvalue weighted by Crippen LogP contribution is 2.19. The maximum Gasteiger partial charge on any atom is 0.0975 e. The first kappa shape index (κ1) is 14.5. The Hall–Kier alpha value is -0.590. The number of likely N-dealkylation sites (tertiary alicyclic amines) is 1. The number of rotatable bonds is 6. The van der Waals surface area contributed by atoms with Gasteiger partial charge in [0.15, 0.2) is 0 Å². The lowest BCUT2D eigenvalue weighted by Crippen LogP contribution is -2.42. The van der Waals surface area contributed by atoms with Crippen LogP contribution in [0.3, 0.4) is 0 Å². The van der Waals surface area contributed by atoms with Crippen LogP contribution in [0.1, 0.15) is 40.0 Å². The van der Waals surface area contributed by atoms with Gasteiger partial charge in [-0.3, -0.25) is 4.90 Å². The Morgan fingerprint density at radius 3 is 2.47 bits per heavy atom. The predicted octanol–water partition coefficient (Wildman–Crippen LogP) is 2.25. The highest BCUT2D eigenvalue weighted by atomic mass is 15.2. The maximum atomic E-state index is 9.04. The lowest BCUT2D eigenvalue weighted by molar-refractivity contribution is 0.153. The van der Waals surface area contributed by atoms with Crippen molar-refractivity contribution in [3.8, 4) is 6.07 Å². The van der Waals surface area contributed by atoms with Crippen molar-refractivity contribution in [3.05, 3.63) is 0 Å². The maximum absolute atomic E-state index is 9.04. The molecule has 1 atom stereocenters. The molecule has 1 rings (SSSR count). The monoisotopic (exact) mass is 237 g/mol. The van der Waals surface area contributed by atoms with Crippen molar-refractivity contribution in [2.45, 2.75) is 46.1 Å². The van der Waals surface area contributed by atoms with Gasteiger partial charge in [0.05, 0.1) is 12.1 Å². The van der Waals surface area contributed by atoms with Gasteiger partial charge in [-0.2, -0.15) is 5.26 Å². The fraction of sp³-hybridized carbons (Fsp3) is 0.929. The average Bonchev–Trinajstić information content (AvgIpc) is 2.32. The summed E-state index contributed by atoms with van der Waals surface area (Å²) in [6.07, 6.45) is 3.43. The SMILES string of the molecule is CCC(C#N)N1CCC(CNCC(C)C)CC1. The molecule has 0 saturated carbocycles. The minimum absolute atomic E-state index is 0.138. The summed E-state index contributed by atoms with van der Waals surface area (Å²) in [7, 11) is 0. The van der Waals surface area contributed by atoms with Crippen molar-refractivity contribution in [2.24, 2.45) is 11.8 Å². The van der Waals surface area contributed by atoms with Crippen molar-refractivity contribution in [2.75, 3.05) is 26.2 Å².